The van der Waals surface area contributed by atoms with Crippen LogP contribution in [0.4, 0.5) is 11.4 Å². The third kappa shape index (κ3) is 2.41. The van der Waals surface area contributed by atoms with E-state index in [1.54, 1.807) is 0 Å². The summed E-state index contributed by atoms with van der Waals surface area (Å²) < 4.78 is 3.68. The first-order chi connectivity index (χ1) is 10.2. The van der Waals surface area contributed by atoms with Gasteiger partial charge in [-0.15, -0.1) is 0 Å². The van der Waals surface area contributed by atoms with E-state index in [0.717, 1.165) is 24.3 Å². The van der Waals surface area contributed by atoms with E-state index in [1.165, 1.54) is 0 Å². The van der Waals surface area contributed by atoms with Gasteiger partial charge >= 0.3 is 23.8 Å². The highest BCUT2D eigenvalue weighted by Crippen LogP contribution is 2.44. The Balaban J connectivity index is 2.61. The van der Waals surface area contributed by atoms with E-state index in [-0.39, 0.29) is 0 Å². The molecule has 0 atom stereocenters. The van der Waals surface area contributed by atoms with Gasteiger partial charge in [-0.2, -0.15) is 0 Å². The molecule has 1 aliphatic rings. The number of non-ortho nitro benzene ring substituents is 1. The first kappa shape index (κ1) is 17.4. The normalized spacial score (nSPS) is 24.3. The van der Waals surface area contributed by atoms with Crippen LogP contribution in [0.5, 0.6) is 0 Å². The van der Waals surface area contributed by atoms with E-state index < -0.39 is 45.0 Å². The first-order valence-corrected chi connectivity index (χ1v) is 5.78. The third-order valence-electron chi connectivity index (χ3n) is 3.10. The van der Waals surface area contributed by atoms with E-state index in [0.29, 0.717) is 0 Å². The summed E-state index contributed by atoms with van der Waals surface area (Å²) in [4.78, 5) is 9.31. The number of morpholine rings is 1. The number of nitro groups is 1. The lowest BCUT2D eigenvalue weighted by molar-refractivity contribution is -0.606. The summed E-state index contributed by atoms with van der Waals surface area (Å²) in [6.45, 7) is 0. The Labute approximate surface area is 126 Å². The number of hydrogen-bond donors (Lipinski definition) is 8. The SMILES string of the molecule is O=[N+]([O-])c1ccc(N2C(O)(O)C(O)(O)OC(O)(O)C2(O)O)cc1. The average molecular weight is 336 g/mol. The van der Waals surface area contributed by atoms with Crippen LogP contribution < -0.4 is 4.90 Å². The monoisotopic (exact) mass is 336 g/mol. The molecule has 0 radical (unpaired) electrons. The quantitative estimate of drug-likeness (QED) is 0.147. The molecule has 128 valence electrons. The van der Waals surface area contributed by atoms with Gasteiger partial charge in [0.2, 0.25) is 0 Å². The zero-order valence-electron chi connectivity index (χ0n) is 11.0. The van der Waals surface area contributed by atoms with E-state index >= 15 is 0 Å². The van der Waals surface area contributed by atoms with Gasteiger partial charge in [-0.25, -0.2) is 0 Å². The van der Waals surface area contributed by atoms with Crippen LogP contribution in [0.3, 0.4) is 0 Å². The lowest BCUT2D eigenvalue weighted by atomic mass is 10.1. The Morgan fingerprint density at radius 3 is 1.61 bits per heavy atom. The van der Waals surface area contributed by atoms with Crippen LogP contribution >= 0.6 is 0 Å². The Hall–Kier alpha value is -1.94. The standard InChI is InChI=1S/C10H12N2O11/c13-7(14)9(17,18)23-10(19,20)8(15,16)11(7)5-1-3-6(4-2-5)12(21)22/h1-4,13-20H. The average Bonchev–Trinajstić information content (AvgIpc) is 2.36. The lowest BCUT2D eigenvalue weighted by Crippen LogP contribution is -2.84. The van der Waals surface area contributed by atoms with Crippen molar-refractivity contribution in [2.75, 3.05) is 4.90 Å². The fraction of sp³-hybridized carbons (Fsp3) is 0.400. The van der Waals surface area contributed by atoms with Crippen LogP contribution in [0.15, 0.2) is 24.3 Å². The van der Waals surface area contributed by atoms with Gasteiger partial charge in [0, 0.05) is 17.8 Å². The minimum atomic E-state index is -4.09. The molecule has 0 amide bonds. The summed E-state index contributed by atoms with van der Waals surface area (Å²) in [7, 11) is 0. The summed E-state index contributed by atoms with van der Waals surface area (Å²) in [5.41, 5.74) is -1.14. The fourth-order valence-corrected chi connectivity index (χ4v) is 1.93. The molecule has 2 rings (SSSR count). The topological polar surface area (TPSA) is 217 Å². The maximum atomic E-state index is 10.6. The second kappa shape index (κ2) is 4.78. The lowest BCUT2D eigenvalue weighted by Gasteiger charge is -2.55. The summed E-state index contributed by atoms with van der Waals surface area (Å²) >= 11 is 0. The van der Waals surface area contributed by atoms with Crippen molar-refractivity contribution in [2.24, 2.45) is 0 Å². The molecule has 1 heterocycles. The van der Waals surface area contributed by atoms with Crippen molar-refractivity contribution in [3.63, 3.8) is 0 Å². The van der Waals surface area contributed by atoms with Crippen LogP contribution in [0.25, 0.3) is 0 Å². The molecule has 0 aromatic heterocycles. The molecule has 13 heteroatoms. The Bertz CT molecular complexity index is 598. The minimum absolute atomic E-state index is 0.437. The largest absolute Gasteiger partial charge is 0.362 e. The van der Waals surface area contributed by atoms with Gasteiger partial charge in [-0.05, 0) is 12.1 Å². The van der Waals surface area contributed by atoms with E-state index in [9.17, 15) is 51.0 Å². The Morgan fingerprint density at radius 2 is 1.26 bits per heavy atom. The Kier molecular flexibility index (Phi) is 3.62. The van der Waals surface area contributed by atoms with Crippen molar-refractivity contribution < 1.29 is 50.5 Å². The van der Waals surface area contributed by atoms with Crippen molar-refractivity contribution in [3.05, 3.63) is 34.4 Å². The zero-order valence-corrected chi connectivity index (χ0v) is 11.0. The number of rotatable bonds is 2. The molecule has 0 aliphatic carbocycles. The van der Waals surface area contributed by atoms with Gasteiger partial charge < -0.3 is 40.9 Å². The molecule has 0 spiro atoms. The van der Waals surface area contributed by atoms with E-state index in [1.807, 2.05) is 0 Å². The van der Waals surface area contributed by atoms with Crippen LogP contribution in [0.2, 0.25) is 0 Å². The molecule has 0 saturated carbocycles. The van der Waals surface area contributed by atoms with Crippen molar-refractivity contribution >= 4 is 11.4 Å². The molecule has 0 unspecified atom stereocenters. The molecule has 1 aliphatic heterocycles. The molecule has 1 aromatic carbocycles. The second-order valence-electron chi connectivity index (χ2n) is 4.70. The van der Waals surface area contributed by atoms with Gasteiger partial charge in [-0.3, -0.25) is 19.8 Å². The summed E-state index contributed by atoms with van der Waals surface area (Å²) in [5, 5.41) is 87.1. The molecular formula is C10H12N2O11. The smallest absolute Gasteiger partial charge is 0.342 e. The summed E-state index contributed by atoms with van der Waals surface area (Å²) in [6, 6.07) is 3.09. The molecule has 1 aromatic rings. The van der Waals surface area contributed by atoms with Gasteiger partial charge in [-0.1, -0.05) is 0 Å². The minimum Gasteiger partial charge on any atom is -0.342 e. The van der Waals surface area contributed by atoms with Gasteiger partial charge in [0.25, 0.3) is 5.69 Å². The maximum absolute atomic E-state index is 10.6. The van der Waals surface area contributed by atoms with Gasteiger partial charge in [0.05, 0.1) is 4.92 Å². The fourth-order valence-electron chi connectivity index (χ4n) is 1.93. The van der Waals surface area contributed by atoms with Crippen molar-refractivity contribution in [2.45, 2.75) is 23.8 Å². The van der Waals surface area contributed by atoms with Crippen LogP contribution in [-0.4, -0.2) is 69.5 Å². The van der Waals surface area contributed by atoms with Crippen LogP contribution in [-0.2, 0) is 4.74 Å². The van der Waals surface area contributed by atoms with E-state index in [2.05, 4.69) is 4.74 Å². The maximum Gasteiger partial charge on any atom is 0.362 e. The van der Waals surface area contributed by atoms with Crippen molar-refractivity contribution in [3.8, 4) is 0 Å². The number of hydrogen-bond acceptors (Lipinski definition) is 12. The van der Waals surface area contributed by atoms with Crippen molar-refractivity contribution in [1.29, 1.82) is 0 Å². The predicted molar refractivity (Wildman–Crippen MR) is 65.3 cm³/mol. The third-order valence-corrected chi connectivity index (χ3v) is 3.10. The number of aliphatic hydroxyl groups is 8. The highest BCUT2D eigenvalue weighted by atomic mass is 16.9. The molecule has 13 nitrogen and oxygen atoms in total. The van der Waals surface area contributed by atoms with Crippen molar-refractivity contribution in [1.82, 2.24) is 0 Å². The first-order valence-electron chi connectivity index (χ1n) is 5.78. The molecule has 1 saturated heterocycles. The molecule has 8 N–H and O–H groups in total. The highest BCUT2D eigenvalue weighted by Gasteiger charge is 2.74. The van der Waals surface area contributed by atoms with Gasteiger partial charge in [0.15, 0.2) is 0 Å². The highest BCUT2D eigenvalue weighted by molar-refractivity contribution is 5.54. The molecular weight excluding hydrogens is 324 g/mol. The number of ether oxygens (including phenoxy) is 1. The number of nitro benzene ring substituents is 1. The molecule has 0 bridgehead atoms. The molecule has 23 heavy (non-hydrogen) atoms. The van der Waals surface area contributed by atoms with Crippen LogP contribution in [0, 0.1) is 10.1 Å². The van der Waals surface area contributed by atoms with Crippen LogP contribution in [0.1, 0.15) is 0 Å². The number of anilines is 1. The van der Waals surface area contributed by atoms with E-state index in [4.69, 9.17) is 0 Å². The number of benzene rings is 1. The Morgan fingerprint density at radius 1 is 0.870 bits per heavy atom. The molecule has 1 fully saturated rings. The van der Waals surface area contributed by atoms with Gasteiger partial charge in [0.1, 0.15) is 0 Å². The second-order valence-corrected chi connectivity index (χ2v) is 4.70. The summed E-state index contributed by atoms with van der Waals surface area (Å²) in [6.07, 6.45) is 0. The zero-order chi connectivity index (χ0) is 17.8. The number of nitrogens with zero attached hydrogens (tertiary/aromatic N) is 2. The summed E-state index contributed by atoms with van der Waals surface area (Å²) in [5.74, 6) is -16.2. The predicted octanol–water partition coefficient (Wildman–Crippen LogP) is -4.01.